The normalized spacial score (nSPS) is 18.5. The molecule has 1 spiro atoms. The van der Waals surface area contributed by atoms with Crippen LogP contribution in [0.25, 0.3) is 11.3 Å². The Morgan fingerprint density at radius 1 is 1.26 bits per heavy atom. The number of amides is 4. The van der Waals surface area contributed by atoms with E-state index in [2.05, 4.69) is 10.5 Å². The lowest BCUT2D eigenvalue weighted by atomic mass is 9.97. The molecular weight excluding hydrogens is 396 g/mol. The first-order valence-electron chi connectivity index (χ1n) is 10.8. The fourth-order valence-electron chi connectivity index (χ4n) is 4.52. The number of hydrogen-bond acceptors (Lipinski definition) is 5. The summed E-state index contributed by atoms with van der Waals surface area (Å²) in [5, 5.41) is 6.94. The van der Waals surface area contributed by atoms with Gasteiger partial charge in [-0.25, -0.2) is 9.69 Å². The van der Waals surface area contributed by atoms with Gasteiger partial charge in [0.05, 0.1) is 0 Å². The number of aryl methyl sites for hydroxylation is 1. The Kier molecular flexibility index (Phi) is 5.80. The van der Waals surface area contributed by atoms with Gasteiger partial charge in [-0.2, -0.15) is 0 Å². The first kappa shape index (κ1) is 21.1. The van der Waals surface area contributed by atoms with E-state index in [0.29, 0.717) is 32.2 Å². The minimum Gasteiger partial charge on any atom is -0.361 e. The number of carbonyl (C=O) groups excluding carboxylic acids is 3. The Bertz CT molecular complexity index is 965. The molecule has 2 fully saturated rings. The molecule has 1 saturated carbocycles. The summed E-state index contributed by atoms with van der Waals surface area (Å²) in [6, 6.07) is 10.4. The highest BCUT2D eigenvalue weighted by molar-refractivity contribution is 6.09. The van der Waals surface area contributed by atoms with Crippen LogP contribution < -0.4 is 5.32 Å². The van der Waals surface area contributed by atoms with Crippen LogP contribution in [0.15, 0.2) is 40.9 Å². The van der Waals surface area contributed by atoms with Crippen LogP contribution in [0.2, 0.25) is 0 Å². The average Bonchev–Trinajstić information content (AvgIpc) is 3.49. The molecule has 4 rings (SSSR count). The van der Waals surface area contributed by atoms with Crippen molar-refractivity contribution in [2.75, 3.05) is 13.6 Å². The maximum atomic E-state index is 12.9. The first-order chi connectivity index (χ1) is 14.9. The summed E-state index contributed by atoms with van der Waals surface area (Å²) in [6.45, 7) is 2.10. The third-order valence-corrected chi connectivity index (χ3v) is 6.32. The van der Waals surface area contributed by atoms with Crippen molar-refractivity contribution in [3.8, 4) is 11.3 Å². The van der Waals surface area contributed by atoms with Gasteiger partial charge in [0.2, 0.25) is 5.91 Å². The zero-order chi connectivity index (χ0) is 22.0. The van der Waals surface area contributed by atoms with E-state index in [1.807, 2.05) is 36.4 Å². The second-order valence-corrected chi connectivity index (χ2v) is 8.48. The molecule has 1 N–H and O–H groups in total. The van der Waals surface area contributed by atoms with E-state index in [1.54, 1.807) is 18.9 Å². The average molecular weight is 425 g/mol. The Labute approximate surface area is 181 Å². The van der Waals surface area contributed by atoms with Gasteiger partial charge in [0.1, 0.15) is 23.0 Å². The van der Waals surface area contributed by atoms with Gasteiger partial charge in [0, 0.05) is 31.6 Å². The molecule has 1 aromatic heterocycles. The van der Waals surface area contributed by atoms with E-state index >= 15 is 0 Å². The third kappa shape index (κ3) is 4.06. The van der Waals surface area contributed by atoms with Crippen molar-refractivity contribution < 1.29 is 18.9 Å². The smallest absolute Gasteiger partial charge is 0.325 e. The minimum absolute atomic E-state index is 0.249. The van der Waals surface area contributed by atoms with Crippen LogP contribution in [0.1, 0.15) is 44.8 Å². The Morgan fingerprint density at radius 3 is 2.68 bits per heavy atom. The highest BCUT2D eigenvalue weighted by Crippen LogP contribution is 2.35. The topological polar surface area (TPSA) is 95.8 Å². The van der Waals surface area contributed by atoms with Gasteiger partial charge >= 0.3 is 6.03 Å². The van der Waals surface area contributed by atoms with E-state index in [9.17, 15) is 14.4 Å². The van der Waals surface area contributed by atoms with E-state index in [0.717, 1.165) is 34.8 Å². The van der Waals surface area contributed by atoms with Crippen LogP contribution in [0.3, 0.4) is 0 Å². The number of nitrogens with zero attached hydrogens (tertiary/aromatic N) is 3. The molecule has 2 aromatic rings. The predicted molar refractivity (Wildman–Crippen MR) is 114 cm³/mol. The Balaban J connectivity index is 1.30. The molecular formula is C23H28N4O4. The standard InChI is InChI=1S/C23H28N4O4/c1-16(27-21(29)23(24-22(27)30)12-6-7-13-23)20(28)26(2)14-8-11-18-15-19(25-31-18)17-9-4-3-5-10-17/h3-5,9-10,15-16H,6-8,11-14H2,1-2H3,(H,24,30). The molecule has 31 heavy (non-hydrogen) atoms. The number of likely N-dealkylation sites (N-methyl/N-ethyl adjacent to an activating group) is 1. The van der Waals surface area contributed by atoms with Crippen LogP contribution in [0, 0.1) is 0 Å². The van der Waals surface area contributed by atoms with Gasteiger partial charge in [-0.3, -0.25) is 9.59 Å². The number of aromatic nitrogens is 1. The van der Waals surface area contributed by atoms with Crippen LogP contribution in [0.5, 0.6) is 0 Å². The fraction of sp³-hybridized carbons (Fsp3) is 0.478. The number of nitrogens with one attached hydrogen (secondary N) is 1. The molecule has 1 saturated heterocycles. The maximum Gasteiger partial charge on any atom is 0.325 e. The number of hydrogen-bond donors (Lipinski definition) is 1. The van der Waals surface area contributed by atoms with Crippen molar-refractivity contribution in [2.24, 2.45) is 0 Å². The third-order valence-electron chi connectivity index (χ3n) is 6.32. The van der Waals surface area contributed by atoms with Crippen molar-refractivity contribution in [1.29, 1.82) is 0 Å². The molecule has 2 aliphatic rings. The first-order valence-corrected chi connectivity index (χ1v) is 10.8. The molecule has 4 amide bonds. The van der Waals surface area contributed by atoms with E-state index < -0.39 is 17.6 Å². The molecule has 1 aliphatic heterocycles. The zero-order valence-corrected chi connectivity index (χ0v) is 18.0. The summed E-state index contributed by atoms with van der Waals surface area (Å²) in [5.41, 5.74) is 0.979. The number of rotatable bonds is 7. The maximum absolute atomic E-state index is 12.9. The van der Waals surface area contributed by atoms with Crippen molar-refractivity contribution in [3.63, 3.8) is 0 Å². The summed E-state index contributed by atoms with van der Waals surface area (Å²) in [5.74, 6) is 0.241. The highest BCUT2D eigenvalue weighted by Gasteiger charge is 2.54. The van der Waals surface area contributed by atoms with Crippen molar-refractivity contribution >= 4 is 17.8 Å². The van der Waals surface area contributed by atoms with Gasteiger partial charge in [0.25, 0.3) is 5.91 Å². The summed E-state index contributed by atoms with van der Waals surface area (Å²) >= 11 is 0. The second kappa shape index (κ2) is 8.53. The van der Waals surface area contributed by atoms with E-state index in [1.165, 1.54) is 0 Å². The molecule has 0 radical (unpaired) electrons. The second-order valence-electron chi connectivity index (χ2n) is 8.48. The molecule has 1 atom stereocenters. The van der Waals surface area contributed by atoms with E-state index in [4.69, 9.17) is 4.52 Å². The lowest BCUT2D eigenvalue weighted by molar-refractivity contribution is -0.142. The van der Waals surface area contributed by atoms with Crippen LogP contribution in [0.4, 0.5) is 4.79 Å². The molecule has 164 valence electrons. The number of benzene rings is 1. The van der Waals surface area contributed by atoms with Gasteiger partial charge in [-0.15, -0.1) is 0 Å². The molecule has 8 heteroatoms. The van der Waals surface area contributed by atoms with Crippen LogP contribution >= 0.6 is 0 Å². The molecule has 0 bridgehead atoms. The number of carbonyl (C=O) groups is 3. The van der Waals surface area contributed by atoms with Crippen LogP contribution in [-0.4, -0.2) is 58.0 Å². The molecule has 1 aliphatic carbocycles. The Hall–Kier alpha value is -3.16. The van der Waals surface area contributed by atoms with Crippen molar-refractivity contribution in [3.05, 3.63) is 42.2 Å². The number of urea groups is 1. The quantitative estimate of drug-likeness (QED) is 0.690. The van der Waals surface area contributed by atoms with Crippen molar-refractivity contribution in [2.45, 2.75) is 57.0 Å². The highest BCUT2D eigenvalue weighted by atomic mass is 16.5. The molecule has 8 nitrogen and oxygen atoms in total. The fourth-order valence-corrected chi connectivity index (χ4v) is 4.52. The van der Waals surface area contributed by atoms with Gasteiger partial charge < -0.3 is 14.7 Å². The lowest BCUT2D eigenvalue weighted by Crippen LogP contribution is -2.50. The largest absolute Gasteiger partial charge is 0.361 e. The number of imide groups is 1. The van der Waals surface area contributed by atoms with Gasteiger partial charge in [0.15, 0.2) is 0 Å². The summed E-state index contributed by atoms with van der Waals surface area (Å²) < 4.78 is 5.41. The summed E-state index contributed by atoms with van der Waals surface area (Å²) in [6.07, 6.45) is 4.44. The van der Waals surface area contributed by atoms with Gasteiger partial charge in [-0.05, 0) is 26.2 Å². The van der Waals surface area contributed by atoms with Gasteiger partial charge in [-0.1, -0.05) is 48.3 Å². The van der Waals surface area contributed by atoms with Crippen molar-refractivity contribution in [1.82, 2.24) is 20.3 Å². The Morgan fingerprint density at radius 2 is 1.97 bits per heavy atom. The SMILES string of the molecule is CC(C(=O)N(C)CCCc1cc(-c2ccccc2)no1)N1C(=O)NC2(CCCC2)C1=O. The monoisotopic (exact) mass is 424 g/mol. The lowest BCUT2D eigenvalue weighted by Gasteiger charge is -2.27. The van der Waals surface area contributed by atoms with Crippen LogP contribution in [-0.2, 0) is 16.0 Å². The molecule has 1 aromatic carbocycles. The molecule has 2 heterocycles. The predicted octanol–water partition coefficient (Wildman–Crippen LogP) is 2.99. The van der Waals surface area contributed by atoms with E-state index in [-0.39, 0.29) is 11.8 Å². The minimum atomic E-state index is -0.826. The summed E-state index contributed by atoms with van der Waals surface area (Å²) in [7, 11) is 1.69. The molecule has 1 unspecified atom stereocenters. The summed E-state index contributed by atoms with van der Waals surface area (Å²) in [4.78, 5) is 40.9. The zero-order valence-electron chi connectivity index (χ0n) is 18.0.